The van der Waals surface area contributed by atoms with Crippen LogP contribution < -0.4 is 4.90 Å². The smallest absolute Gasteiger partial charge is 0.335 e. The summed E-state index contributed by atoms with van der Waals surface area (Å²) in [5.41, 5.74) is 2.00. The van der Waals surface area contributed by atoms with Crippen LogP contribution in [0.15, 0.2) is 18.2 Å². The third-order valence-corrected chi connectivity index (χ3v) is 2.74. The second-order valence-electron chi connectivity index (χ2n) is 4.32. The molecule has 4 nitrogen and oxygen atoms in total. The molecule has 2 N–H and O–H groups in total. The van der Waals surface area contributed by atoms with Gasteiger partial charge in [-0.25, -0.2) is 4.79 Å². The van der Waals surface area contributed by atoms with Crippen LogP contribution in [0.4, 0.5) is 5.69 Å². The summed E-state index contributed by atoms with van der Waals surface area (Å²) < 4.78 is 0. The van der Waals surface area contributed by atoms with Crippen molar-refractivity contribution in [3.8, 4) is 0 Å². The quantitative estimate of drug-likeness (QED) is 0.821. The van der Waals surface area contributed by atoms with Crippen LogP contribution in [0.3, 0.4) is 0 Å². The van der Waals surface area contributed by atoms with Crippen LogP contribution in [0.2, 0.25) is 0 Å². The summed E-state index contributed by atoms with van der Waals surface area (Å²) in [5, 5.41) is 18.0. The highest BCUT2D eigenvalue weighted by atomic mass is 16.4. The van der Waals surface area contributed by atoms with E-state index >= 15 is 0 Å². The molecule has 0 aliphatic carbocycles. The van der Waals surface area contributed by atoms with E-state index in [0.29, 0.717) is 12.1 Å². The van der Waals surface area contributed by atoms with E-state index in [4.69, 9.17) is 10.2 Å². The zero-order valence-electron chi connectivity index (χ0n) is 10.5. The lowest BCUT2D eigenvalue weighted by molar-refractivity contribution is 0.0696. The monoisotopic (exact) mass is 237 g/mol. The minimum absolute atomic E-state index is 0.0813. The SMILES string of the molecule is Cc1cc(N(CCO)C(C)C)ccc1C(=O)O. The summed E-state index contributed by atoms with van der Waals surface area (Å²) in [6.45, 7) is 6.48. The van der Waals surface area contributed by atoms with E-state index in [1.54, 1.807) is 19.1 Å². The fourth-order valence-electron chi connectivity index (χ4n) is 1.86. The third-order valence-electron chi connectivity index (χ3n) is 2.74. The number of aromatic carboxylic acids is 1. The molecule has 0 heterocycles. The number of carboxylic acid groups (broad SMARTS) is 1. The van der Waals surface area contributed by atoms with Gasteiger partial charge in [0, 0.05) is 18.3 Å². The number of hydrogen-bond donors (Lipinski definition) is 2. The van der Waals surface area contributed by atoms with Gasteiger partial charge >= 0.3 is 5.97 Å². The van der Waals surface area contributed by atoms with Crippen molar-refractivity contribution in [1.82, 2.24) is 0 Å². The molecule has 17 heavy (non-hydrogen) atoms. The molecule has 0 aliphatic rings. The fraction of sp³-hybridized carbons (Fsp3) is 0.462. The predicted octanol–water partition coefficient (Wildman–Crippen LogP) is 1.90. The molecule has 0 saturated heterocycles. The van der Waals surface area contributed by atoms with Crippen molar-refractivity contribution in [2.24, 2.45) is 0 Å². The molecule has 0 atom stereocenters. The van der Waals surface area contributed by atoms with Crippen LogP contribution >= 0.6 is 0 Å². The highest BCUT2D eigenvalue weighted by molar-refractivity contribution is 5.89. The topological polar surface area (TPSA) is 60.8 Å². The first-order valence-corrected chi connectivity index (χ1v) is 5.68. The second kappa shape index (κ2) is 5.68. The van der Waals surface area contributed by atoms with Crippen LogP contribution in [0.1, 0.15) is 29.8 Å². The van der Waals surface area contributed by atoms with Crippen molar-refractivity contribution in [1.29, 1.82) is 0 Å². The van der Waals surface area contributed by atoms with E-state index in [-0.39, 0.29) is 12.6 Å². The molecule has 94 valence electrons. The Morgan fingerprint density at radius 1 is 1.41 bits per heavy atom. The average Bonchev–Trinajstić information content (AvgIpc) is 2.24. The Morgan fingerprint density at radius 2 is 2.06 bits per heavy atom. The highest BCUT2D eigenvalue weighted by Crippen LogP contribution is 2.21. The van der Waals surface area contributed by atoms with Gasteiger partial charge in [0.15, 0.2) is 0 Å². The molecule has 0 saturated carbocycles. The molecular weight excluding hydrogens is 218 g/mol. The average molecular weight is 237 g/mol. The van der Waals surface area contributed by atoms with Crippen LogP contribution in [0, 0.1) is 6.92 Å². The van der Waals surface area contributed by atoms with Crippen LogP contribution in [-0.2, 0) is 0 Å². The maximum atomic E-state index is 10.9. The van der Waals surface area contributed by atoms with Crippen molar-refractivity contribution in [3.63, 3.8) is 0 Å². The van der Waals surface area contributed by atoms with E-state index in [9.17, 15) is 4.79 Å². The van der Waals surface area contributed by atoms with Gasteiger partial charge in [0.2, 0.25) is 0 Å². The van der Waals surface area contributed by atoms with Gasteiger partial charge in [0.05, 0.1) is 12.2 Å². The van der Waals surface area contributed by atoms with Gasteiger partial charge in [-0.3, -0.25) is 0 Å². The Labute approximate surface area is 101 Å². The van der Waals surface area contributed by atoms with E-state index in [2.05, 4.69) is 0 Å². The number of carboxylic acids is 1. The Bertz CT molecular complexity index is 402. The van der Waals surface area contributed by atoms with Crippen molar-refractivity contribution in [2.75, 3.05) is 18.1 Å². The van der Waals surface area contributed by atoms with E-state index < -0.39 is 5.97 Å². The van der Waals surface area contributed by atoms with Gasteiger partial charge in [-0.1, -0.05) is 0 Å². The summed E-state index contributed by atoms with van der Waals surface area (Å²) in [5.74, 6) is -0.910. The highest BCUT2D eigenvalue weighted by Gasteiger charge is 2.13. The number of nitrogens with zero attached hydrogens (tertiary/aromatic N) is 1. The fourth-order valence-corrected chi connectivity index (χ4v) is 1.86. The lowest BCUT2D eigenvalue weighted by Crippen LogP contribution is -2.33. The lowest BCUT2D eigenvalue weighted by Gasteiger charge is -2.28. The zero-order chi connectivity index (χ0) is 13.0. The largest absolute Gasteiger partial charge is 0.478 e. The minimum atomic E-state index is -0.910. The molecule has 4 heteroatoms. The molecule has 0 radical (unpaired) electrons. The number of hydrogen-bond acceptors (Lipinski definition) is 3. The first-order chi connectivity index (χ1) is 7.97. The maximum absolute atomic E-state index is 10.9. The molecule has 0 spiro atoms. The predicted molar refractivity (Wildman–Crippen MR) is 67.7 cm³/mol. The molecule has 0 amide bonds. The minimum Gasteiger partial charge on any atom is -0.478 e. The summed E-state index contributed by atoms with van der Waals surface area (Å²) in [6, 6.07) is 5.50. The van der Waals surface area contributed by atoms with Crippen molar-refractivity contribution in [2.45, 2.75) is 26.8 Å². The van der Waals surface area contributed by atoms with E-state index in [0.717, 1.165) is 11.3 Å². The van der Waals surface area contributed by atoms with Gasteiger partial charge in [-0.2, -0.15) is 0 Å². The zero-order valence-corrected chi connectivity index (χ0v) is 10.5. The molecule has 1 aromatic rings. The maximum Gasteiger partial charge on any atom is 0.335 e. The van der Waals surface area contributed by atoms with Crippen LogP contribution in [0.25, 0.3) is 0 Å². The normalized spacial score (nSPS) is 10.6. The number of carbonyl (C=O) groups is 1. The standard InChI is InChI=1S/C13H19NO3/c1-9(2)14(6-7-15)11-4-5-12(13(16)17)10(3)8-11/h4-5,8-9,15H,6-7H2,1-3H3,(H,16,17). The summed E-state index contributed by atoms with van der Waals surface area (Å²) >= 11 is 0. The number of anilines is 1. The van der Waals surface area contributed by atoms with Crippen LogP contribution in [0.5, 0.6) is 0 Å². The molecule has 1 aromatic carbocycles. The summed E-state index contributed by atoms with van der Waals surface area (Å²) in [6.07, 6.45) is 0. The van der Waals surface area contributed by atoms with Gasteiger partial charge in [0.25, 0.3) is 0 Å². The Kier molecular flexibility index (Phi) is 4.52. The van der Waals surface area contributed by atoms with Gasteiger partial charge in [0.1, 0.15) is 0 Å². The number of benzene rings is 1. The molecule has 1 rings (SSSR count). The van der Waals surface area contributed by atoms with Gasteiger partial charge in [-0.15, -0.1) is 0 Å². The molecular formula is C13H19NO3. The molecule has 0 fully saturated rings. The first-order valence-electron chi connectivity index (χ1n) is 5.68. The summed E-state index contributed by atoms with van der Waals surface area (Å²) in [4.78, 5) is 12.9. The Hall–Kier alpha value is -1.55. The van der Waals surface area contributed by atoms with Crippen molar-refractivity contribution < 1.29 is 15.0 Å². The van der Waals surface area contributed by atoms with E-state index in [1.165, 1.54) is 0 Å². The number of aliphatic hydroxyl groups excluding tert-OH is 1. The molecule has 0 aliphatic heterocycles. The molecule has 0 aromatic heterocycles. The lowest BCUT2D eigenvalue weighted by atomic mass is 10.1. The Morgan fingerprint density at radius 3 is 2.47 bits per heavy atom. The van der Waals surface area contributed by atoms with E-state index in [1.807, 2.05) is 24.8 Å². The first kappa shape index (κ1) is 13.5. The second-order valence-corrected chi connectivity index (χ2v) is 4.32. The summed E-state index contributed by atoms with van der Waals surface area (Å²) in [7, 11) is 0. The number of rotatable bonds is 5. The van der Waals surface area contributed by atoms with Crippen molar-refractivity contribution >= 4 is 11.7 Å². The third kappa shape index (κ3) is 3.20. The van der Waals surface area contributed by atoms with Crippen molar-refractivity contribution in [3.05, 3.63) is 29.3 Å². The van der Waals surface area contributed by atoms with Crippen LogP contribution in [-0.4, -0.2) is 35.4 Å². The van der Waals surface area contributed by atoms with Gasteiger partial charge < -0.3 is 15.1 Å². The number of aryl methyl sites for hydroxylation is 1. The molecule has 0 unspecified atom stereocenters. The van der Waals surface area contributed by atoms with Gasteiger partial charge in [-0.05, 0) is 44.5 Å². The molecule has 0 bridgehead atoms. The number of aliphatic hydroxyl groups is 1. The Balaban J connectivity index is 3.06.